The first-order valence-corrected chi connectivity index (χ1v) is 9.42. The minimum atomic E-state index is 0.644. The average Bonchev–Trinajstić information content (AvgIpc) is 2.89. The second-order valence-electron chi connectivity index (χ2n) is 7.47. The smallest absolute Gasteiger partial charge is 0.00106 e. The summed E-state index contributed by atoms with van der Waals surface area (Å²) in [5, 5.41) is 3.70. The zero-order valence-corrected chi connectivity index (χ0v) is 14.5. The lowest BCUT2D eigenvalue weighted by molar-refractivity contribution is 0.240. The summed E-state index contributed by atoms with van der Waals surface area (Å²) in [7, 11) is 0. The van der Waals surface area contributed by atoms with E-state index in [1.165, 1.54) is 90.0 Å². The largest absolute Gasteiger partial charge is 0.314 e. The molecule has 0 spiro atoms. The van der Waals surface area contributed by atoms with Crippen molar-refractivity contribution in [1.82, 2.24) is 5.32 Å². The molecule has 0 aromatic rings. The molecule has 20 heavy (non-hydrogen) atoms. The van der Waals surface area contributed by atoms with Gasteiger partial charge in [-0.2, -0.15) is 0 Å². The van der Waals surface area contributed by atoms with Crippen LogP contribution in [-0.2, 0) is 0 Å². The summed E-state index contributed by atoms with van der Waals surface area (Å²) in [6.07, 6.45) is 19.0. The van der Waals surface area contributed by atoms with Crippen LogP contribution in [0.4, 0.5) is 0 Å². The Morgan fingerprint density at radius 2 is 1.40 bits per heavy atom. The molecule has 0 atom stereocenters. The van der Waals surface area contributed by atoms with Gasteiger partial charge < -0.3 is 5.32 Å². The van der Waals surface area contributed by atoms with E-state index in [0.717, 1.165) is 0 Å². The third-order valence-electron chi connectivity index (χ3n) is 5.11. The van der Waals surface area contributed by atoms with Gasteiger partial charge in [0.1, 0.15) is 0 Å². The molecule has 0 bridgehead atoms. The Morgan fingerprint density at radius 1 is 0.850 bits per heavy atom. The summed E-state index contributed by atoms with van der Waals surface area (Å²) >= 11 is 0. The molecule has 1 saturated carbocycles. The summed E-state index contributed by atoms with van der Waals surface area (Å²) in [5.41, 5.74) is 0.659. The van der Waals surface area contributed by atoms with Crippen LogP contribution in [0, 0.1) is 5.41 Å². The van der Waals surface area contributed by atoms with Gasteiger partial charge in [0.25, 0.3) is 0 Å². The maximum absolute atomic E-state index is 3.70. The average molecular weight is 282 g/mol. The van der Waals surface area contributed by atoms with Gasteiger partial charge in [-0.25, -0.2) is 0 Å². The van der Waals surface area contributed by atoms with E-state index in [2.05, 4.69) is 26.1 Å². The quantitative estimate of drug-likeness (QED) is 0.428. The zero-order valence-electron chi connectivity index (χ0n) is 14.5. The maximum Gasteiger partial charge on any atom is 0.00106 e. The summed E-state index contributed by atoms with van der Waals surface area (Å²) in [5.74, 6) is 0. The molecule has 0 aromatic heterocycles. The summed E-state index contributed by atoms with van der Waals surface area (Å²) in [6.45, 7) is 8.12. The second-order valence-corrected chi connectivity index (χ2v) is 7.47. The van der Waals surface area contributed by atoms with Crippen LogP contribution in [0.3, 0.4) is 0 Å². The van der Waals surface area contributed by atoms with Crippen LogP contribution in [-0.4, -0.2) is 12.6 Å². The minimum Gasteiger partial charge on any atom is -0.314 e. The molecule has 1 fully saturated rings. The Balaban J connectivity index is 2.07. The Morgan fingerprint density at radius 3 is 1.95 bits per heavy atom. The Labute approximate surface area is 128 Å². The van der Waals surface area contributed by atoms with Gasteiger partial charge in [0, 0.05) is 12.6 Å². The van der Waals surface area contributed by atoms with Gasteiger partial charge in [-0.05, 0) is 24.7 Å². The molecule has 0 unspecified atom stereocenters. The van der Waals surface area contributed by atoms with Crippen LogP contribution < -0.4 is 5.32 Å². The first-order chi connectivity index (χ1) is 9.68. The van der Waals surface area contributed by atoms with Gasteiger partial charge in [-0.15, -0.1) is 0 Å². The van der Waals surface area contributed by atoms with Crippen LogP contribution in [0.5, 0.6) is 0 Å². The van der Waals surface area contributed by atoms with Gasteiger partial charge in [-0.1, -0.05) is 85.0 Å². The predicted octanol–water partition coefficient (Wildman–Crippen LogP) is 6.08. The molecule has 0 aromatic carbocycles. The van der Waals surface area contributed by atoms with Crippen LogP contribution >= 0.6 is 0 Å². The molecule has 0 saturated heterocycles. The SMILES string of the molecule is CCCCCCCCCCC1(CNC(C)C)CCCC1. The molecular formula is C19H39N. The first kappa shape index (κ1) is 18.0. The highest BCUT2D eigenvalue weighted by atomic mass is 14.9. The standard InChI is InChI=1S/C19H39N/c1-4-5-6-7-8-9-10-11-14-19(15-12-13-16-19)17-20-18(2)3/h18,20H,4-17H2,1-3H3. The van der Waals surface area contributed by atoms with E-state index >= 15 is 0 Å². The molecule has 0 radical (unpaired) electrons. The topological polar surface area (TPSA) is 12.0 Å². The molecule has 120 valence electrons. The predicted molar refractivity (Wildman–Crippen MR) is 91.3 cm³/mol. The van der Waals surface area contributed by atoms with Gasteiger partial charge in [0.05, 0.1) is 0 Å². The van der Waals surface area contributed by atoms with Crippen LogP contribution in [0.25, 0.3) is 0 Å². The molecule has 1 aliphatic rings. The third-order valence-corrected chi connectivity index (χ3v) is 5.11. The highest BCUT2D eigenvalue weighted by molar-refractivity contribution is 4.87. The first-order valence-electron chi connectivity index (χ1n) is 9.42. The van der Waals surface area contributed by atoms with Gasteiger partial charge >= 0.3 is 0 Å². The van der Waals surface area contributed by atoms with E-state index < -0.39 is 0 Å². The molecule has 0 heterocycles. The molecule has 0 aliphatic heterocycles. The molecule has 1 nitrogen and oxygen atoms in total. The lowest BCUT2D eigenvalue weighted by Crippen LogP contribution is -2.35. The molecular weight excluding hydrogens is 242 g/mol. The monoisotopic (exact) mass is 281 g/mol. The van der Waals surface area contributed by atoms with E-state index in [1.807, 2.05) is 0 Å². The van der Waals surface area contributed by atoms with Crippen molar-refractivity contribution in [2.45, 2.75) is 110 Å². The zero-order chi connectivity index (χ0) is 14.7. The summed E-state index contributed by atoms with van der Waals surface area (Å²) in [6, 6.07) is 0.644. The second kappa shape index (κ2) is 10.7. The fourth-order valence-corrected chi connectivity index (χ4v) is 3.69. The molecule has 1 N–H and O–H groups in total. The molecule has 1 heteroatoms. The Kier molecular flexibility index (Phi) is 9.59. The van der Waals surface area contributed by atoms with Crippen molar-refractivity contribution >= 4 is 0 Å². The van der Waals surface area contributed by atoms with E-state index in [4.69, 9.17) is 0 Å². The summed E-state index contributed by atoms with van der Waals surface area (Å²) < 4.78 is 0. The van der Waals surface area contributed by atoms with Crippen LogP contribution in [0.15, 0.2) is 0 Å². The molecule has 1 rings (SSSR count). The van der Waals surface area contributed by atoms with Crippen molar-refractivity contribution in [2.75, 3.05) is 6.54 Å². The molecule has 1 aliphatic carbocycles. The third kappa shape index (κ3) is 7.67. The highest BCUT2D eigenvalue weighted by Crippen LogP contribution is 2.42. The number of hydrogen-bond acceptors (Lipinski definition) is 1. The minimum absolute atomic E-state index is 0.644. The van der Waals surface area contributed by atoms with E-state index in [1.54, 1.807) is 0 Å². The van der Waals surface area contributed by atoms with Crippen LogP contribution in [0.2, 0.25) is 0 Å². The fraction of sp³-hybridized carbons (Fsp3) is 1.00. The van der Waals surface area contributed by atoms with Crippen molar-refractivity contribution in [2.24, 2.45) is 5.41 Å². The summed E-state index contributed by atoms with van der Waals surface area (Å²) in [4.78, 5) is 0. The normalized spacial score (nSPS) is 18.0. The Hall–Kier alpha value is -0.0400. The number of nitrogens with one attached hydrogen (secondary N) is 1. The van der Waals surface area contributed by atoms with Crippen molar-refractivity contribution in [3.05, 3.63) is 0 Å². The molecule has 0 amide bonds. The van der Waals surface area contributed by atoms with E-state index in [-0.39, 0.29) is 0 Å². The van der Waals surface area contributed by atoms with Gasteiger partial charge in [0.15, 0.2) is 0 Å². The van der Waals surface area contributed by atoms with E-state index in [0.29, 0.717) is 11.5 Å². The maximum atomic E-state index is 3.70. The fourth-order valence-electron chi connectivity index (χ4n) is 3.69. The van der Waals surface area contributed by atoms with Crippen LogP contribution in [0.1, 0.15) is 104 Å². The van der Waals surface area contributed by atoms with Crippen molar-refractivity contribution < 1.29 is 0 Å². The van der Waals surface area contributed by atoms with Gasteiger partial charge in [-0.3, -0.25) is 0 Å². The van der Waals surface area contributed by atoms with E-state index in [9.17, 15) is 0 Å². The van der Waals surface area contributed by atoms with Gasteiger partial charge in [0.2, 0.25) is 0 Å². The highest BCUT2D eigenvalue weighted by Gasteiger charge is 2.32. The number of rotatable bonds is 12. The lowest BCUT2D eigenvalue weighted by atomic mass is 9.80. The van der Waals surface area contributed by atoms with Crippen molar-refractivity contribution in [3.63, 3.8) is 0 Å². The number of unbranched alkanes of at least 4 members (excludes halogenated alkanes) is 7. The van der Waals surface area contributed by atoms with Crippen molar-refractivity contribution in [3.8, 4) is 0 Å². The van der Waals surface area contributed by atoms with Crippen molar-refractivity contribution in [1.29, 1.82) is 0 Å². The lowest BCUT2D eigenvalue weighted by Gasteiger charge is -2.30. The Bertz CT molecular complexity index is 216. The number of hydrogen-bond donors (Lipinski definition) is 1.